The summed E-state index contributed by atoms with van der Waals surface area (Å²) in [5, 5.41) is 6.91. The number of hydrogen-bond acceptors (Lipinski definition) is 5. The molecule has 0 atom stereocenters. The second-order valence-electron chi connectivity index (χ2n) is 5.14. The number of aryl methyl sites for hydroxylation is 1. The Morgan fingerprint density at radius 2 is 2.04 bits per heavy atom. The summed E-state index contributed by atoms with van der Waals surface area (Å²) in [7, 11) is -3.66. The van der Waals surface area contributed by atoms with E-state index in [9.17, 15) is 22.0 Å². The van der Waals surface area contributed by atoms with Gasteiger partial charge in [-0.25, -0.2) is 17.6 Å². The first-order chi connectivity index (χ1) is 11.8. The van der Waals surface area contributed by atoms with Crippen molar-refractivity contribution in [1.82, 2.24) is 19.8 Å². The summed E-state index contributed by atoms with van der Waals surface area (Å²) >= 11 is 5.87. The first kappa shape index (κ1) is 19.3. The number of halogens is 3. The maximum atomic E-state index is 14.2. The maximum Gasteiger partial charge on any atom is 0.368 e. The molecule has 1 aromatic carbocycles. The third kappa shape index (κ3) is 4.54. The van der Waals surface area contributed by atoms with E-state index in [1.807, 2.05) is 0 Å². The fourth-order valence-electron chi connectivity index (χ4n) is 2.04. The van der Waals surface area contributed by atoms with Gasteiger partial charge in [0.15, 0.2) is 5.82 Å². The van der Waals surface area contributed by atoms with Crippen LogP contribution in [-0.4, -0.2) is 40.6 Å². The van der Waals surface area contributed by atoms with Crippen LogP contribution < -0.4 is 10.4 Å². The Kier molecular flexibility index (Phi) is 6.11. The van der Waals surface area contributed by atoms with Crippen LogP contribution in [0, 0.1) is 5.82 Å². The lowest BCUT2D eigenvalue weighted by molar-refractivity contribution is 0.427. The van der Waals surface area contributed by atoms with Crippen molar-refractivity contribution in [2.24, 2.45) is 0 Å². The second kappa shape index (κ2) is 7.91. The minimum Gasteiger partial charge on any atom is -0.282 e. The quantitative estimate of drug-likeness (QED) is 0.733. The molecule has 0 aliphatic rings. The van der Waals surface area contributed by atoms with Crippen LogP contribution in [0.2, 0.25) is 5.02 Å². The Morgan fingerprint density at radius 3 is 2.68 bits per heavy atom. The van der Waals surface area contributed by atoms with E-state index in [0.29, 0.717) is 11.1 Å². The molecular formula is C13H16ClF2N5O3S. The topological polar surface area (TPSA) is 98.9 Å². The van der Waals surface area contributed by atoms with Gasteiger partial charge >= 0.3 is 5.69 Å². The van der Waals surface area contributed by atoms with E-state index in [-0.39, 0.29) is 35.1 Å². The van der Waals surface area contributed by atoms with Crippen LogP contribution >= 0.6 is 11.6 Å². The van der Waals surface area contributed by atoms with Crippen molar-refractivity contribution in [3.05, 3.63) is 33.5 Å². The second-order valence-corrected chi connectivity index (χ2v) is 7.39. The summed E-state index contributed by atoms with van der Waals surface area (Å²) in [5.74, 6) is -1.03. The molecule has 138 valence electrons. The van der Waals surface area contributed by atoms with E-state index < -0.39 is 28.2 Å². The molecule has 0 amide bonds. The molecule has 0 unspecified atom stereocenters. The third-order valence-corrected chi connectivity index (χ3v) is 4.94. The molecule has 0 spiro atoms. The molecule has 1 aromatic heterocycles. The number of anilines is 1. The SMILES string of the molecule is CCCS(=O)(=O)Nc1cc(-n2nnn(CCCF)c2=O)c(F)cc1Cl. The van der Waals surface area contributed by atoms with Gasteiger partial charge in [-0.3, -0.25) is 9.11 Å². The average molecular weight is 396 g/mol. The van der Waals surface area contributed by atoms with E-state index in [4.69, 9.17) is 11.6 Å². The molecule has 25 heavy (non-hydrogen) atoms. The van der Waals surface area contributed by atoms with Crippen molar-refractivity contribution in [1.29, 1.82) is 0 Å². The molecule has 1 heterocycles. The molecule has 0 fully saturated rings. The van der Waals surface area contributed by atoms with Gasteiger partial charge in [-0.2, -0.15) is 9.36 Å². The van der Waals surface area contributed by atoms with Crippen molar-refractivity contribution in [3.63, 3.8) is 0 Å². The number of nitrogens with one attached hydrogen (secondary N) is 1. The molecule has 0 saturated heterocycles. The molecular weight excluding hydrogens is 380 g/mol. The summed E-state index contributed by atoms with van der Waals surface area (Å²) in [5.41, 5.74) is -1.19. The maximum absolute atomic E-state index is 14.2. The number of sulfonamides is 1. The largest absolute Gasteiger partial charge is 0.368 e. The first-order valence-electron chi connectivity index (χ1n) is 7.37. The summed E-state index contributed by atoms with van der Waals surface area (Å²) < 4.78 is 53.9. The Balaban J connectivity index is 2.44. The van der Waals surface area contributed by atoms with Gasteiger partial charge in [0.25, 0.3) is 0 Å². The predicted molar refractivity (Wildman–Crippen MR) is 88.9 cm³/mol. The predicted octanol–water partition coefficient (Wildman–Crippen LogP) is 1.73. The monoisotopic (exact) mass is 395 g/mol. The molecule has 2 aromatic rings. The highest BCUT2D eigenvalue weighted by Crippen LogP contribution is 2.27. The summed E-state index contributed by atoms with van der Waals surface area (Å²) in [6, 6.07) is 1.92. The Morgan fingerprint density at radius 1 is 1.32 bits per heavy atom. The van der Waals surface area contributed by atoms with Crippen molar-refractivity contribution in [3.8, 4) is 5.69 Å². The number of benzene rings is 1. The minimum atomic E-state index is -3.66. The van der Waals surface area contributed by atoms with Crippen LogP contribution in [0.5, 0.6) is 0 Å². The lowest BCUT2D eigenvalue weighted by Crippen LogP contribution is -2.25. The number of tetrazole rings is 1. The van der Waals surface area contributed by atoms with Crippen LogP contribution in [0.15, 0.2) is 16.9 Å². The molecule has 0 aliphatic heterocycles. The summed E-state index contributed by atoms with van der Waals surface area (Å²) in [4.78, 5) is 12.2. The van der Waals surface area contributed by atoms with Crippen molar-refractivity contribution >= 4 is 27.3 Å². The van der Waals surface area contributed by atoms with Crippen molar-refractivity contribution < 1.29 is 17.2 Å². The lowest BCUT2D eigenvalue weighted by atomic mass is 10.2. The van der Waals surface area contributed by atoms with Gasteiger partial charge in [-0.1, -0.05) is 18.5 Å². The number of hydrogen-bond donors (Lipinski definition) is 1. The number of alkyl halides is 1. The smallest absolute Gasteiger partial charge is 0.282 e. The highest BCUT2D eigenvalue weighted by Gasteiger charge is 2.18. The molecule has 1 N–H and O–H groups in total. The van der Waals surface area contributed by atoms with Gasteiger partial charge in [0, 0.05) is 0 Å². The van der Waals surface area contributed by atoms with Crippen LogP contribution in [0.4, 0.5) is 14.5 Å². The molecule has 0 radical (unpaired) electrons. The van der Waals surface area contributed by atoms with Crippen LogP contribution in [0.3, 0.4) is 0 Å². The molecule has 8 nitrogen and oxygen atoms in total. The fourth-order valence-corrected chi connectivity index (χ4v) is 3.44. The Labute approximate surface area is 147 Å². The molecule has 0 bridgehead atoms. The van der Waals surface area contributed by atoms with Crippen molar-refractivity contribution in [2.45, 2.75) is 26.3 Å². The standard InChI is InChI=1S/C13H16ClF2N5O3S/c1-2-6-25(23,24)17-11-8-12(10(16)7-9(11)14)21-13(22)20(18-19-21)5-3-4-15/h7-8,17H,2-6H2,1H3. The lowest BCUT2D eigenvalue weighted by Gasteiger charge is -2.11. The highest BCUT2D eigenvalue weighted by molar-refractivity contribution is 7.92. The third-order valence-electron chi connectivity index (χ3n) is 3.15. The van der Waals surface area contributed by atoms with Crippen molar-refractivity contribution in [2.75, 3.05) is 17.1 Å². The van der Waals surface area contributed by atoms with Crippen LogP contribution in [-0.2, 0) is 16.6 Å². The molecule has 12 heteroatoms. The molecule has 2 rings (SSSR count). The zero-order chi connectivity index (χ0) is 18.6. The fraction of sp³-hybridized carbons (Fsp3) is 0.462. The Bertz CT molecular complexity index is 913. The van der Waals surface area contributed by atoms with Gasteiger partial charge < -0.3 is 0 Å². The van der Waals surface area contributed by atoms with E-state index in [0.717, 1.165) is 16.8 Å². The normalized spacial score (nSPS) is 11.7. The van der Waals surface area contributed by atoms with Gasteiger partial charge in [0.1, 0.15) is 5.69 Å². The zero-order valence-corrected chi connectivity index (χ0v) is 14.8. The Hall–Kier alpha value is -2.01. The molecule has 0 saturated carbocycles. The first-order valence-corrected chi connectivity index (χ1v) is 9.40. The van der Waals surface area contributed by atoms with Crippen LogP contribution in [0.1, 0.15) is 19.8 Å². The summed E-state index contributed by atoms with van der Waals surface area (Å²) in [6.07, 6.45) is 0.438. The summed E-state index contributed by atoms with van der Waals surface area (Å²) in [6.45, 7) is 1.03. The van der Waals surface area contributed by atoms with Gasteiger partial charge in [0.2, 0.25) is 10.0 Å². The number of aromatic nitrogens is 4. The van der Waals surface area contributed by atoms with E-state index >= 15 is 0 Å². The number of rotatable bonds is 8. The van der Waals surface area contributed by atoms with E-state index in [2.05, 4.69) is 15.1 Å². The van der Waals surface area contributed by atoms with E-state index in [1.165, 1.54) is 0 Å². The average Bonchev–Trinajstić information content (AvgIpc) is 2.88. The highest BCUT2D eigenvalue weighted by atomic mass is 35.5. The zero-order valence-electron chi connectivity index (χ0n) is 13.2. The molecule has 0 aliphatic carbocycles. The van der Waals surface area contributed by atoms with Crippen LogP contribution in [0.25, 0.3) is 5.69 Å². The minimum absolute atomic E-state index is 0.0134. The number of nitrogens with zero attached hydrogens (tertiary/aromatic N) is 4. The van der Waals surface area contributed by atoms with E-state index in [1.54, 1.807) is 6.92 Å². The van der Waals surface area contributed by atoms with Gasteiger partial charge in [-0.15, -0.1) is 0 Å². The van der Waals surface area contributed by atoms with Gasteiger partial charge in [-0.05, 0) is 35.4 Å². The van der Waals surface area contributed by atoms with Gasteiger partial charge in [0.05, 0.1) is 29.7 Å².